The molecule has 0 heterocycles. The molecular weight excluding hydrogens is 258 g/mol. The average Bonchev–Trinajstić information content (AvgIpc) is 2.57. The lowest BCUT2D eigenvalue weighted by atomic mass is 9.97. The van der Waals surface area contributed by atoms with Gasteiger partial charge in [-0.05, 0) is 41.8 Å². The first kappa shape index (κ1) is 13.5. The van der Waals surface area contributed by atoms with E-state index in [4.69, 9.17) is 4.74 Å². The summed E-state index contributed by atoms with van der Waals surface area (Å²) in [5.41, 5.74) is 3.68. The van der Waals surface area contributed by atoms with Crippen molar-refractivity contribution in [3.05, 3.63) is 78.4 Å². The molecule has 0 fully saturated rings. The summed E-state index contributed by atoms with van der Waals surface area (Å²) in [6.45, 7) is 0. The van der Waals surface area contributed by atoms with Crippen LogP contribution in [-0.2, 0) is 0 Å². The zero-order valence-corrected chi connectivity index (χ0v) is 12.1. The van der Waals surface area contributed by atoms with Crippen LogP contribution in [0.4, 0.5) is 5.69 Å². The highest BCUT2D eigenvalue weighted by atomic mass is 16.5. The van der Waals surface area contributed by atoms with Crippen molar-refractivity contribution in [2.75, 3.05) is 12.4 Å². The highest BCUT2D eigenvalue weighted by Gasteiger charge is 2.09. The van der Waals surface area contributed by atoms with E-state index in [0.717, 1.165) is 17.9 Å². The Bertz CT molecular complexity index is 641. The molecule has 0 amide bonds. The van der Waals surface area contributed by atoms with Crippen molar-refractivity contribution in [2.24, 2.45) is 0 Å². The third-order valence-corrected chi connectivity index (χ3v) is 3.65. The quantitative estimate of drug-likeness (QED) is 0.887. The van der Waals surface area contributed by atoms with Crippen LogP contribution in [0.15, 0.2) is 72.8 Å². The van der Waals surface area contributed by atoms with Gasteiger partial charge in [0.15, 0.2) is 0 Å². The van der Waals surface area contributed by atoms with Gasteiger partial charge in [0.1, 0.15) is 5.75 Å². The van der Waals surface area contributed by atoms with Gasteiger partial charge in [-0.2, -0.15) is 0 Å². The van der Waals surface area contributed by atoms with Gasteiger partial charge in [-0.15, -0.1) is 0 Å². The summed E-state index contributed by atoms with van der Waals surface area (Å²) < 4.78 is 5.17. The largest absolute Gasteiger partial charge is 0.497 e. The van der Waals surface area contributed by atoms with Crippen LogP contribution >= 0.6 is 0 Å². The van der Waals surface area contributed by atoms with Gasteiger partial charge in [-0.1, -0.05) is 48.6 Å². The zero-order valence-electron chi connectivity index (χ0n) is 12.1. The molecule has 1 aliphatic carbocycles. The minimum Gasteiger partial charge on any atom is -0.497 e. The fourth-order valence-corrected chi connectivity index (χ4v) is 2.47. The second kappa shape index (κ2) is 6.31. The van der Waals surface area contributed by atoms with E-state index in [-0.39, 0.29) is 0 Å². The van der Waals surface area contributed by atoms with Crippen LogP contribution < -0.4 is 10.1 Å². The molecule has 2 heteroatoms. The molecule has 106 valence electrons. The number of hydrogen-bond acceptors (Lipinski definition) is 2. The Morgan fingerprint density at radius 1 is 1.00 bits per heavy atom. The number of nitrogens with one attached hydrogen (secondary N) is 1. The average molecular weight is 277 g/mol. The predicted octanol–water partition coefficient (Wildman–Crippen LogP) is 4.52. The van der Waals surface area contributed by atoms with Crippen molar-refractivity contribution in [3.8, 4) is 5.75 Å². The van der Waals surface area contributed by atoms with Crippen LogP contribution in [0.5, 0.6) is 5.75 Å². The van der Waals surface area contributed by atoms with Crippen LogP contribution in [0, 0.1) is 0 Å². The van der Waals surface area contributed by atoms with E-state index < -0.39 is 0 Å². The third kappa shape index (κ3) is 3.34. The van der Waals surface area contributed by atoms with Crippen LogP contribution in [0.2, 0.25) is 0 Å². The maximum atomic E-state index is 5.17. The Labute approximate surface area is 125 Å². The van der Waals surface area contributed by atoms with Gasteiger partial charge >= 0.3 is 0 Å². The van der Waals surface area contributed by atoms with Crippen molar-refractivity contribution in [3.63, 3.8) is 0 Å². The molecule has 3 rings (SSSR count). The molecule has 21 heavy (non-hydrogen) atoms. The van der Waals surface area contributed by atoms with E-state index >= 15 is 0 Å². The molecule has 1 N–H and O–H groups in total. The SMILES string of the molecule is COc1ccc(NC2C=CC(c3ccccc3)=CC2)cc1. The minimum atomic E-state index is 0.339. The molecule has 0 spiro atoms. The van der Waals surface area contributed by atoms with Gasteiger partial charge in [0, 0.05) is 11.7 Å². The lowest BCUT2D eigenvalue weighted by molar-refractivity contribution is 0.415. The second-order valence-electron chi connectivity index (χ2n) is 5.10. The number of rotatable bonds is 4. The summed E-state index contributed by atoms with van der Waals surface area (Å²) in [4.78, 5) is 0. The third-order valence-electron chi connectivity index (χ3n) is 3.65. The second-order valence-corrected chi connectivity index (χ2v) is 5.10. The summed E-state index contributed by atoms with van der Waals surface area (Å²) >= 11 is 0. The lowest BCUT2D eigenvalue weighted by Crippen LogP contribution is -2.17. The van der Waals surface area contributed by atoms with Crippen LogP contribution in [0.3, 0.4) is 0 Å². The monoisotopic (exact) mass is 277 g/mol. The first-order chi connectivity index (χ1) is 10.3. The fourth-order valence-electron chi connectivity index (χ4n) is 2.47. The van der Waals surface area contributed by atoms with Gasteiger partial charge in [0.2, 0.25) is 0 Å². The Morgan fingerprint density at radius 2 is 1.76 bits per heavy atom. The van der Waals surface area contributed by atoms with Crippen molar-refractivity contribution < 1.29 is 4.74 Å². The summed E-state index contributed by atoms with van der Waals surface area (Å²) in [6, 6.07) is 18.9. The number of ether oxygens (including phenoxy) is 1. The summed E-state index contributed by atoms with van der Waals surface area (Å²) in [6.07, 6.45) is 7.70. The Hall–Kier alpha value is -2.48. The number of anilines is 1. The predicted molar refractivity (Wildman–Crippen MR) is 88.6 cm³/mol. The zero-order chi connectivity index (χ0) is 14.5. The van der Waals surface area contributed by atoms with Crippen molar-refractivity contribution >= 4 is 11.3 Å². The molecule has 0 bridgehead atoms. The summed E-state index contributed by atoms with van der Waals surface area (Å²) in [7, 11) is 1.68. The Balaban J connectivity index is 1.63. The highest BCUT2D eigenvalue weighted by Crippen LogP contribution is 2.23. The van der Waals surface area contributed by atoms with E-state index in [9.17, 15) is 0 Å². The van der Waals surface area contributed by atoms with Crippen LogP contribution in [0.25, 0.3) is 5.57 Å². The van der Waals surface area contributed by atoms with E-state index in [1.807, 2.05) is 30.3 Å². The van der Waals surface area contributed by atoms with E-state index in [1.54, 1.807) is 7.11 Å². The first-order valence-electron chi connectivity index (χ1n) is 7.19. The summed E-state index contributed by atoms with van der Waals surface area (Å²) in [5.74, 6) is 0.881. The first-order valence-corrected chi connectivity index (χ1v) is 7.19. The van der Waals surface area contributed by atoms with Gasteiger partial charge < -0.3 is 10.1 Å². The highest BCUT2D eigenvalue weighted by molar-refractivity contribution is 5.75. The molecule has 1 atom stereocenters. The topological polar surface area (TPSA) is 21.3 Å². The molecular formula is C19H19NO. The standard InChI is InChI=1S/C19H19NO/c1-21-19-13-11-18(12-14-19)20-17-9-7-16(8-10-17)15-5-3-2-4-6-15/h2-9,11-14,17,20H,10H2,1H3. The molecule has 2 nitrogen and oxygen atoms in total. The van der Waals surface area contributed by atoms with E-state index in [2.05, 4.69) is 47.8 Å². The number of benzene rings is 2. The fraction of sp³-hybridized carbons (Fsp3) is 0.158. The van der Waals surface area contributed by atoms with E-state index in [1.165, 1.54) is 11.1 Å². The molecule has 1 aliphatic rings. The molecule has 0 saturated heterocycles. The summed E-state index contributed by atoms with van der Waals surface area (Å²) in [5, 5.41) is 3.52. The maximum absolute atomic E-state index is 5.17. The number of hydrogen-bond donors (Lipinski definition) is 1. The maximum Gasteiger partial charge on any atom is 0.119 e. The number of allylic oxidation sites excluding steroid dienone is 2. The minimum absolute atomic E-state index is 0.339. The normalized spacial score (nSPS) is 17.2. The Kier molecular flexibility index (Phi) is 4.06. The van der Waals surface area contributed by atoms with Gasteiger partial charge in [0.05, 0.1) is 7.11 Å². The number of methoxy groups -OCH3 is 1. The van der Waals surface area contributed by atoms with Crippen molar-refractivity contribution in [1.29, 1.82) is 0 Å². The molecule has 2 aromatic carbocycles. The molecule has 0 saturated carbocycles. The molecule has 0 aliphatic heterocycles. The van der Waals surface area contributed by atoms with Gasteiger partial charge in [-0.3, -0.25) is 0 Å². The van der Waals surface area contributed by atoms with Crippen molar-refractivity contribution in [1.82, 2.24) is 0 Å². The Morgan fingerprint density at radius 3 is 2.38 bits per heavy atom. The van der Waals surface area contributed by atoms with Crippen LogP contribution in [0.1, 0.15) is 12.0 Å². The van der Waals surface area contributed by atoms with E-state index in [0.29, 0.717) is 6.04 Å². The van der Waals surface area contributed by atoms with Gasteiger partial charge in [0.25, 0.3) is 0 Å². The van der Waals surface area contributed by atoms with Crippen molar-refractivity contribution in [2.45, 2.75) is 12.5 Å². The molecule has 1 unspecified atom stereocenters. The molecule has 0 radical (unpaired) electrons. The molecule has 2 aromatic rings. The smallest absolute Gasteiger partial charge is 0.119 e. The lowest BCUT2D eigenvalue weighted by Gasteiger charge is -2.19. The van der Waals surface area contributed by atoms with Gasteiger partial charge in [-0.25, -0.2) is 0 Å². The van der Waals surface area contributed by atoms with Crippen LogP contribution in [-0.4, -0.2) is 13.2 Å². The molecule has 0 aromatic heterocycles.